The van der Waals surface area contributed by atoms with Gasteiger partial charge >= 0.3 is 0 Å². The van der Waals surface area contributed by atoms with E-state index in [2.05, 4.69) is 20.2 Å². The maximum Gasteiger partial charge on any atom is 0.165 e. The number of imidazole rings is 1. The van der Waals surface area contributed by atoms with Gasteiger partial charge in [-0.15, -0.1) is 0 Å². The summed E-state index contributed by atoms with van der Waals surface area (Å²) in [6, 6.07) is 11.4. The van der Waals surface area contributed by atoms with Crippen LogP contribution in [0.5, 0.6) is 0 Å². The maximum absolute atomic E-state index is 6.71. The molecule has 0 spiro atoms. The molecule has 0 radical (unpaired) electrons. The molecule has 4 heterocycles. The Hall–Kier alpha value is -2.87. The van der Waals surface area contributed by atoms with Crippen molar-refractivity contribution in [3.05, 3.63) is 58.5 Å². The van der Waals surface area contributed by atoms with Gasteiger partial charge in [0.1, 0.15) is 17.2 Å². The van der Waals surface area contributed by atoms with E-state index in [0.717, 1.165) is 60.2 Å². The summed E-state index contributed by atoms with van der Waals surface area (Å²) in [5.41, 5.74) is 10.7. The Bertz CT molecular complexity index is 1260. The summed E-state index contributed by atoms with van der Waals surface area (Å²) >= 11 is 13.4. The molecule has 7 nitrogen and oxygen atoms in total. The van der Waals surface area contributed by atoms with Gasteiger partial charge in [0.25, 0.3) is 0 Å². The first-order valence-electron chi connectivity index (χ1n) is 10.0. The highest BCUT2D eigenvalue weighted by Gasteiger charge is 2.20. The fourth-order valence-electron chi connectivity index (χ4n) is 4.04. The number of nitrogens with one attached hydrogen (secondary N) is 1. The lowest BCUT2D eigenvalue weighted by Gasteiger charge is -2.31. The van der Waals surface area contributed by atoms with Crippen molar-refractivity contribution in [2.45, 2.75) is 6.92 Å². The molecule has 5 rings (SSSR count). The predicted octanol–water partition coefficient (Wildman–Crippen LogP) is 4.09. The molecule has 0 saturated carbocycles. The highest BCUT2D eigenvalue weighted by molar-refractivity contribution is 6.39. The molecule has 4 aromatic rings. The molecule has 0 bridgehead atoms. The fraction of sp³-hybridized carbons (Fsp3) is 0.227. The largest absolute Gasteiger partial charge is 0.383 e. The van der Waals surface area contributed by atoms with Gasteiger partial charge in [0, 0.05) is 37.9 Å². The van der Waals surface area contributed by atoms with E-state index in [0.29, 0.717) is 21.5 Å². The van der Waals surface area contributed by atoms with Crippen molar-refractivity contribution in [2.75, 3.05) is 36.8 Å². The topological polar surface area (TPSA) is 84.9 Å². The second-order valence-corrected chi connectivity index (χ2v) is 8.28. The summed E-state index contributed by atoms with van der Waals surface area (Å²) < 4.78 is 1.96. The van der Waals surface area contributed by atoms with Crippen LogP contribution in [-0.4, -0.2) is 45.7 Å². The molecule has 0 atom stereocenters. The monoisotopic (exact) mass is 453 g/mol. The van der Waals surface area contributed by atoms with Crippen molar-refractivity contribution in [1.82, 2.24) is 24.8 Å². The van der Waals surface area contributed by atoms with Gasteiger partial charge in [0.15, 0.2) is 5.65 Å². The summed E-state index contributed by atoms with van der Waals surface area (Å²) in [6.45, 7) is 5.48. The van der Waals surface area contributed by atoms with Crippen molar-refractivity contribution in [2.24, 2.45) is 0 Å². The Balaban J connectivity index is 1.64. The molecule has 0 aliphatic carbocycles. The van der Waals surface area contributed by atoms with Gasteiger partial charge in [-0.3, -0.25) is 4.57 Å². The van der Waals surface area contributed by atoms with Crippen LogP contribution in [0.2, 0.25) is 10.0 Å². The van der Waals surface area contributed by atoms with Crippen LogP contribution in [0.15, 0.2) is 42.6 Å². The second-order valence-electron chi connectivity index (χ2n) is 7.46. The number of rotatable bonds is 3. The smallest absolute Gasteiger partial charge is 0.165 e. The number of nitrogen functional groups attached to an aromatic ring is 1. The highest BCUT2D eigenvalue weighted by Crippen LogP contribution is 2.37. The Kier molecular flexibility index (Phi) is 5.17. The van der Waals surface area contributed by atoms with E-state index < -0.39 is 0 Å². The van der Waals surface area contributed by atoms with Crippen LogP contribution in [-0.2, 0) is 0 Å². The lowest BCUT2D eigenvalue weighted by Crippen LogP contribution is -2.43. The predicted molar refractivity (Wildman–Crippen MR) is 126 cm³/mol. The summed E-state index contributed by atoms with van der Waals surface area (Å²) in [6.07, 6.45) is 1.66. The highest BCUT2D eigenvalue weighted by atomic mass is 35.5. The third-order valence-electron chi connectivity index (χ3n) is 5.48. The molecule has 1 saturated heterocycles. The Labute approximate surface area is 189 Å². The number of nitrogens with two attached hydrogens (primary N) is 1. The lowest BCUT2D eigenvalue weighted by atomic mass is 10.1. The molecule has 1 aromatic carbocycles. The number of aromatic nitrogens is 4. The third-order valence-corrected chi connectivity index (χ3v) is 6.06. The Morgan fingerprint density at radius 3 is 2.48 bits per heavy atom. The van der Waals surface area contributed by atoms with Gasteiger partial charge in [0.05, 0.1) is 27.1 Å². The maximum atomic E-state index is 6.71. The number of piperazine rings is 1. The molecule has 3 aromatic heterocycles. The first-order valence-corrected chi connectivity index (χ1v) is 10.8. The average Bonchev–Trinajstić information content (AvgIpc) is 3.09. The summed E-state index contributed by atoms with van der Waals surface area (Å²) in [7, 11) is 0. The van der Waals surface area contributed by atoms with Crippen LogP contribution in [0.25, 0.3) is 28.1 Å². The molecule has 31 heavy (non-hydrogen) atoms. The van der Waals surface area contributed by atoms with E-state index in [1.165, 1.54) is 0 Å². The minimum atomic E-state index is 0.434. The van der Waals surface area contributed by atoms with Gasteiger partial charge < -0.3 is 16.0 Å². The zero-order valence-corrected chi connectivity index (χ0v) is 18.5. The van der Waals surface area contributed by atoms with Crippen molar-refractivity contribution in [3.63, 3.8) is 0 Å². The normalized spacial score (nSPS) is 14.4. The van der Waals surface area contributed by atoms with Crippen molar-refractivity contribution in [3.8, 4) is 16.9 Å². The second kappa shape index (κ2) is 8.00. The quantitative estimate of drug-likeness (QED) is 0.485. The van der Waals surface area contributed by atoms with Gasteiger partial charge in [-0.25, -0.2) is 15.0 Å². The van der Waals surface area contributed by atoms with Crippen LogP contribution in [0.1, 0.15) is 5.82 Å². The Morgan fingerprint density at radius 1 is 1.03 bits per heavy atom. The summed E-state index contributed by atoms with van der Waals surface area (Å²) in [5.74, 6) is 1.23. The van der Waals surface area contributed by atoms with Gasteiger partial charge in [0.2, 0.25) is 0 Å². The lowest BCUT2D eigenvalue weighted by molar-refractivity contribution is 0.589. The van der Waals surface area contributed by atoms with E-state index in [4.69, 9.17) is 33.9 Å². The van der Waals surface area contributed by atoms with E-state index >= 15 is 0 Å². The minimum Gasteiger partial charge on any atom is -0.383 e. The average molecular weight is 454 g/mol. The molecule has 0 unspecified atom stereocenters. The molecule has 158 valence electrons. The number of halogens is 2. The minimum absolute atomic E-state index is 0.434. The van der Waals surface area contributed by atoms with Crippen molar-refractivity contribution in [1.29, 1.82) is 0 Å². The molecule has 3 N–H and O–H groups in total. The molecule has 0 amide bonds. The molecular formula is C22H21Cl2N7. The summed E-state index contributed by atoms with van der Waals surface area (Å²) in [5, 5.41) is 4.56. The number of anilines is 2. The SMILES string of the molecule is Cc1nc2ccc(-c3cccnc3N)nc2n1-c1cc(Cl)c(N2CCNCC2)c(Cl)c1. The third kappa shape index (κ3) is 3.59. The van der Waals surface area contributed by atoms with Crippen molar-refractivity contribution >= 4 is 45.9 Å². The van der Waals surface area contributed by atoms with E-state index in [1.54, 1.807) is 6.20 Å². The van der Waals surface area contributed by atoms with Crippen LogP contribution in [0, 0.1) is 6.92 Å². The standard InChI is InChI=1S/C22H21Cl2N7/c1-13-28-19-5-4-18(15-3-2-6-27-21(15)25)29-22(19)31(13)14-11-16(23)20(17(24)12-14)30-9-7-26-8-10-30/h2-6,11-12,26H,7-10H2,1H3,(H2,25,27). The molecule has 1 fully saturated rings. The molecule has 9 heteroatoms. The number of pyridine rings is 2. The summed E-state index contributed by atoms with van der Waals surface area (Å²) in [4.78, 5) is 15.9. The molecular weight excluding hydrogens is 433 g/mol. The zero-order chi connectivity index (χ0) is 21.5. The first-order chi connectivity index (χ1) is 15.0. The zero-order valence-electron chi connectivity index (χ0n) is 16.9. The van der Waals surface area contributed by atoms with Crippen LogP contribution in [0.3, 0.4) is 0 Å². The number of benzene rings is 1. The van der Waals surface area contributed by atoms with E-state index in [9.17, 15) is 0 Å². The van der Waals surface area contributed by atoms with Crippen LogP contribution < -0.4 is 16.0 Å². The van der Waals surface area contributed by atoms with Gasteiger partial charge in [-0.2, -0.15) is 0 Å². The van der Waals surface area contributed by atoms with Crippen LogP contribution in [0.4, 0.5) is 11.5 Å². The number of hydrogen-bond acceptors (Lipinski definition) is 6. The first kappa shape index (κ1) is 20.1. The molecule has 1 aliphatic heterocycles. The number of fused-ring (bicyclic) bond motifs is 1. The fourth-order valence-corrected chi connectivity index (χ4v) is 4.75. The number of nitrogens with zero attached hydrogens (tertiary/aromatic N) is 5. The van der Waals surface area contributed by atoms with Gasteiger partial charge in [-0.1, -0.05) is 23.2 Å². The molecule has 1 aliphatic rings. The number of aryl methyl sites for hydroxylation is 1. The van der Waals surface area contributed by atoms with E-state index in [1.807, 2.05) is 47.9 Å². The Morgan fingerprint density at radius 2 is 1.77 bits per heavy atom. The van der Waals surface area contributed by atoms with Crippen molar-refractivity contribution < 1.29 is 0 Å². The van der Waals surface area contributed by atoms with Crippen LogP contribution >= 0.6 is 23.2 Å². The van der Waals surface area contributed by atoms with Gasteiger partial charge in [-0.05, 0) is 43.3 Å². The number of hydrogen-bond donors (Lipinski definition) is 2. The van der Waals surface area contributed by atoms with E-state index in [-0.39, 0.29) is 0 Å².